The van der Waals surface area contributed by atoms with Crippen LogP contribution in [0.3, 0.4) is 0 Å². The van der Waals surface area contributed by atoms with Gasteiger partial charge in [-0.1, -0.05) is 0 Å². The Morgan fingerprint density at radius 3 is 3.11 bits per heavy atom. The summed E-state index contributed by atoms with van der Waals surface area (Å²) >= 11 is 0. The highest BCUT2D eigenvalue weighted by Crippen LogP contribution is 1.98. The summed E-state index contributed by atoms with van der Waals surface area (Å²) in [6.45, 7) is 1.95. The number of rotatable bonds is 0. The summed E-state index contributed by atoms with van der Waals surface area (Å²) in [4.78, 5) is 6.12. The lowest BCUT2D eigenvalue weighted by atomic mass is 10.3. The van der Waals surface area contributed by atoms with E-state index in [0.717, 1.165) is 13.1 Å². The number of guanidine groups is 1. The fourth-order valence-corrected chi connectivity index (χ4v) is 0.890. The fourth-order valence-electron chi connectivity index (χ4n) is 0.890. The Morgan fingerprint density at radius 2 is 2.33 bits per heavy atom. The van der Waals surface area contributed by atoms with Crippen molar-refractivity contribution in [3.8, 4) is 0 Å². The van der Waals surface area contributed by atoms with Crippen molar-refractivity contribution in [2.75, 3.05) is 20.1 Å². The maximum absolute atomic E-state index is 5.55. The van der Waals surface area contributed by atoms with Gasteiger partial charge in [0.05, 0.1) is 0 Å². The van der Waals surface area contributed by atoms with Crippen molar-refractivity contribution >= 4 is 5.96 Å². The van der Waals surface area contributed by atoms with E-state index in [-0.39, 0.29) is 0 Å². The van der Waals surface area contributed by atoms with E-state index in [2.05, 4.69) is 4.99 Å². The van der Waals surface area contributed by atoms with E-state index in [1.165, 1.54) is 12.8 Å². The number of hydrogen-bond acceptors (Lipinski definition) is 3. The molecule has 9 heavy (non-hydrogen) atoms. The van der Waals surface area contributed by atoms with Gasteiger partial charge in [0.1, 0.15) is 0 Å². The van der Waals surface area contributed by atoms with Crippen molar-refractivity contribution in [3.05, 3.63) is 0 Å². The molecule has 0 spiro atoms. The van der Waals surface area contributed by atoms with Crippen molar-refractivity contribution in [2.45, 2.75) is 12.8 Å². The van der Waals surface area contributed by atoms with Crippen molar-refractivity contribution in [1.29, 1.82) is 0 Å². The van der Waals surface area contributed by atoms with E-state index in [0.29, 0.717) is 5.96 Å². The van der Waals surface area contributed by atoms with Crippen LogP contribution in [0.2, 0.25) is 0 Å². The third-order valence-corrected chi connectivity index (χ3v) is 1.57. The molecule has 1 heterocycles. The summed E-state index contributed by atoms with van der Waals surface area (Å²) in [6.07, 6.45) is 2.38. The van der Waals surface area contributed by atoms with Crippen LogP contribution in [0.4, 0.5) is 0 Å². The van der Waals surface area contributed by atoms with Gasteiger partial charge in [-0.25, -0.2) is 0 Å². The average Bonchev–Trinajstić information content (AvgIpc) is 1.99. The van der Waals surface area contributed by atoms with Gasteiger partial charge in [0.15, 0.2) is 5.96 Å². The number of nitrogens with zero attached hydrogens (tertiary/aromatic N) is 2. The zero-order valence-electron chi connectivity index (χ0n) is 5.80. The molecule has 0 bridgehead atoms. The topological polar surface area (TPSA) is 41.6 Å². The highest BCUT2D eigenvalue weighted by molar-refractivity contribution is 5.77. The average molecular weight is 127 g/mol. The lowest BCUT2D eigenvalue weighted by molar-refractivity contribution is 0.492. The van der Waals surface area contributed by atoms with Crippen LogP contribution in [0.5, 0.6) is 0 Å². The lowest BCUT2D eigenvalue weighted by Crippen LogP contribution is -2.33. The Bertz CT molecular complexity index is 119. The van der Waals surface area contributed by atoms with Gasteiger partial charge in [-0.2, -0.15) is 0 Å². The van der Waals surface area contributed by atoms with Gasteiger partial charge in [0, 0.05) is 20.1 Å². The molecule has 3 nitrogen and oxygen atoms in total. The standard InChI is InChI=1S/C6H13N3/c1-9-5-3-2-4-8-6(9)7/h2-5H2,1H3,(H2,7,8). The normalized spacial score (nSPS) is 21.0. The van der Waals surface area contributed by atoms with Gasteiger partial charge in [0.25, 0.3) is 0 Å². The minimum atomic E-state index is 0.688. The molecular weight excluding hydrogens is 114 g/mol. The van der Waals surface area contributed by atoms with E-state index in [4.69, 9.17) is 5.73 Å². The maximum atomic E-state index is 5.55. The van der Waals surface area contributed by atoms with Crippen molar-refractivity contribution < 1.29 is 0 Å². The number of hydrogen-bond donors (Lipinski definition) is 1. The summed E-state index contributed by atoms with van der Waals surface area (Å²) in [5.74, 6) is 0.688. The Hall–Kier alpha value is -0.730. The van der Waals surface area contributed by atoms with E-state index in [1.54, 1.807) is 0 Å². The molecule has 0 saturated heterocycles. The molecule has 0 aliphatic carbocycles. The molecule has 0 atom stereocenters. The third-order valence-electron chi connectivity index (χ3n) is 1.57. The van der Waals surface area contributed by atoms with Gasteiger partial charge in [0.2, 0.25) is 0 Å². The van der Waals surface area contributed by atoms with Crippen molar-refractivity contribution in [1.82, 2.24) is 4.90 Å². The van der Waals surface area contributed by atoms with Crippen LogP contribution in [-0.2, 0) is 0 Å². The third kappa shape index (κ3) is 1.59. The smallest absolute Gasteiger partial charge is 0.190 e. The lowest BCUT2D eigenvalue weighted by Gasteiger charge is -2.13. The molecule has 0 fully saturated rings. The van der Waals surface area contributed by atoms with E-state index < -0.39 is 0 Å². The first-order chi connectivity index (χ1) is 4.30. The van der Waals surface area contributed by atoms with Crippen molar-refractivity contribution in [2.24, 2.45) is 10.7 Å². The predicted molar refractivity (Wildman–Crippen MR) is 38.4 cm³/mol. The van der Waals surface area contributed by atoms with Gasteiger partial charge < -0.3 is 10.6 Å². The van der Waals surface area contributed by atoms with Gasteiger partial charge in [-0.05, 0) is 12.8 Å². The minimum absolute atomic E-state index is 0.688. The minimum Gasteiger partial charge on any atom is -0.370 e. The quantitative estimate of drug-likeness (QED) is 0.498. The van der Waals surface area contributed by atoms with Gasteiger partial charge in [-0.3, -0.25) is 4.99 Å². The van der Waals surface area contributed by atoms with Crippen LogP contribution >= 0.6 is 0 Å². The molecule has 1 aliphatic heterocycles. The fraction of sp³-hybridized carbons (Fsp3) is 0.833. The van der Waals surface area contributed by atoms with Crippen LogP contribution in [0.15, 0.2) is 4.99 Å². The van der Waals surface area contributed by atoms with Crippen molar-refractivity contribution in [3.63, 3.8) is 0 Å². The molecular formula is C6H13N3. The molecule has 0 amide bonds. The van der Waals surface area contributed by atoms with Crippen LogP contribution in [0.1, 0.15) is 12.8 Å². The zero-order chi connectivity index (χ0) is 6.69. The molecule has 3 heteroatoms. The van der Waals surface area contributed by atoms with E-state index in [9.17, 15) is 0 Å². The molecule has 0 aromatic carbocycles. The maximum Gasteiger partial charge on any atom is 0.190 e. The summed E-state index contributed by atoms with van der Waals surface area (Å²) in [5.41, 5.74) is 5.55. The summed E-state index contributed by atoms with van der Waals surface area (Å²) in [5, 5.41) is 0. The SMILES string of the molecule is CN1CCCCN=C1N. The van der Waals surface area contributed by atoms with Crippen LogP contribution in [-0.4, -0.2) is 31.0 Å². The highest BCUT2D eigenvalue weighted by atomic mass is 15.2. The van der Waals surface area contributed by atoms with Gasteiger partial charge in [-0.15, -0.1) is 0 Å². The zero-order valence-corrected chi connectivity index (χ0v) is 5.80. The van der Waals surface area contributed by atoms with Gasteiger partial charge >= 0.3 is 0 Å². The molecule has 0 unspecified atom stereocenters. The molecule has 52 valence electrons. The van der Waals surface area contributed by atoms with Crippen LogP contribution in [0, 0.1) is 0 Å². The first-order valence-corrected chi connectivity index (χ1v) is 3.32. The van der Waals surface area contributed by atoms with Crippen LogP contribution < -0.4 is 5.73 Å². The van der Waals surface area contributed by atoms with E-state index in [1.807, 2.05) is 11.9 Å². The molecule has 0 aromatic heterocycles. The summed E-state index contributed by atoms with van der Waals surface area (Å²) < 4.78 is 0. The highest BCUT2D eigenvalue weighted by Gasteiger charge is 2.03. The molecule has 0 aromatic rings. The first-order valence-electron chi connectivity index (χ1n) is 3.32. The molecule has 1 aliphatic rings. The Kier molecular flexibility index (Phi) is 1.92. The summed E-state index contributed by atoms with van der Waals surface area (Å²) in [6, 6.07) is 0. The Labute approximate surface area is 55.6 Å². The molecule has 0 radical (unpaired) electrons. The second-order valence-corrected chi connectivity index (χ2v) is 2.37. The second kappa shape index (κ2) is 2.71. The first kappa shape index (κ1) is 6.39. The molecule has 0 saturated carbocycles. The van der Waals surface area contributed by atoms with E-state index >= 15 is 0 Å². The number of nitrogens with two attached hydrogens (primary N) is 1. The largest absolute Gasteiger partial charge is 0.370 e. The number of aliphatic imine (C=N–C) groups is 1. The molecule has 2 N–H and O–H groups in total. The summed E-state index contributed by atoms with van der Waals surface area (Å²) in [7, 11) is 1.98. The Balaban J connectivity index is 2.51. The molecule has 1 rings (SSSR count). The monoisotopic (exact) mass is 127 g/mol. The van der Waals surface area contributed by atoms with Crippen LogP contribution in [0.25, 0.3) is 0 Å². The second-order valence-electron chi connectivity index (χ2n) is 2.37. The predicted octanol–water partition coefficient (Wildman–Crippen LogP) is 0.0267. The Morgan fingerprint density at radius 1 is 1.56 bits per heavy atom.